The molecule has 0 bridgehead atoms. The molecule has 3 fully saturated rings. The van der Waals surface area contributed by atoms with E-state index in [9.17, 15) is 40.9 Å². The Bertz CT molecular complexity index is 888. The standard InChI is InChI=1S/C25H52N6O14/c1-7(34)12(4-32)42-25(45-21-11(29)3-9(27)16(36)19(21)39)23(31)41-6-40-22-14(30)24(43-13(5-33)17(22)37)44-20-10(28)2-8(26)15(35)18(20)38/h7-25,32-39H,2-6,26-31H2,1H3/t7?,8?,9?,10?,11?,12?,13?,14?,15?,16?,17?,18?,19?,20?,21?,22?,23-,24?,25?/m0/s1. The molecular weight excluding hydrogens is 608 g/mol. The smallest absolute Gasteiger partial charge is 0.198 e. The van der Waals surface area contributed by atoms with Crippen LogP contribution in [0.3, 0.4) is 0 Å². The van der Waals surface area contributed by atoms with Crippen molar-refractivity contribution in [1.29, 1.82) is 0 Å². The molecule has 1 heterocycles. The summed E-state index contributed by atoms with van der Waals surface area (Å²) in [5.74, 6) is 0. The highest BCUT2D eigenvalue weighted by Crippen LogP contribution is 2.29. The predicted molar refractivity (Wildman–Crippen MR) is 151 cm³/mol. The molecule has 3 aliphatic rings. The average Bonchev–Trinajstić information content (AvgIpc) is 2.99. The largest absolute Gasteiger partial charge is 0.394 e. The van der Waals surface area contributed by atoms with E-state index in [1.807, 2.05) is 0 Å². The van der Waals surface area contributed by atoms with Crippen LogP contribution in [0, 0.1) is 0 Å². The van der Waals surface area contributed by atoms with Crippen LogP contribution in [0.15, 0.2) is 0 Å². The molecule has 2 saturated carbocycles. The molecule has 20 nitrogen and oxygen atoms in total. The van der Waals surface area contributed by atoms with Crippen LogP contribution in [0.2, 0.25) is 0 Å². The molecular formula is C25H52N6O14. The Hall–Kier alpha value is -0.800. The lowest BCUT2D eigenvalue weighted by atomic mass is 9.84. The molecule has 0 aromatic carbocycles. The van der Waals surface area contributed by atoms with Gasteiger partial charge in [-0.25, -0.2) is 0 Å². The van der Waals surface area contributed by atoms with Gasteiger partial charge in [0.25, 0.3) is 0 Å². The summed E-state index contributed by atoms with van der Waals surface area (Å²) in [6.07, 6.45) is -18.9. The maximum atomic E-state index is 10.8. The molecule has 266 valence electrons. The molecule has 0 spiro atoms. The van der Waals surface area contributed by atoms with Crippen LogP contribution >= 0.6 is 0 Å². The summed E-state index contributed by atoms with van der Waals surface area (Å²) >= 11 is 0. The zero-order chi connectivity index (χ0) is 33.7. The summed E-state index contributed by atoms with van der Waals surface area (Å²) in [6, 6.07) is -4.51. The summed E-state index contributed by atoms with van der Waals surface area (Å²) in [5.41, 5.74) is 36.2. The maximum Gasteiger partial charge on any atom is 0.198 e. The van der Waals surface area contributed by atoms with Gasteiger partial charge in [0.15, 0.2) is 18.8 Å². The summed E-state index contributed by atoms with van der Waals surface area (Å²) in [7, 11) is 0. The van der Waals surface area contributed by atoms with Crippen LogP contribution in [0.25, 0.3) is 0 Å². The minimum absolute atomic E-state index is 0.0813. The zero-order valence-corrected chi connectivity index (χ0v) is 25.0. The van der Waals surface area contributed by atoms with Crippen LogP contribution in [-0.4, -0.2) is 177 Å². The van der Waals surface area contributed by atoms with E-state index in [4.69, 9.17) is 62.8 Å². The molecule has 0 amide bonds. The molecule has 19 atom stereocenters. The maximum absolute atomic E-state index is 10.8. The Morgan fingerprint density at radius 2 is 1.33 bits per heavy atom. The van der Waals surface area contributed by atoms with Crippen molar-refractivity contribution >= 4 is 0 Å². The van der Waals surface area contributed by atoms with Gasteiger partial charge in [-0.2, -0.15) is 0 Å². The highest BCUT2D eigenvalue weighted by Gasteiger charge is 2.49. The third-order valence-electron chi connectivity index (χ3n) is 8.48. The van der Waals surface area contributed by atoms with Gasteiger partial charge in [0.2, 0.25) is 0 Å². The SMILES string of the molecule is CC(O)C(CO)OC(OC1C(N)CC(N)C(O)C1O)[C@@H](N)OCOC1C(N)C(OC2C(N)CC(N)C(O)C2O)OC(CO)C1O. The Morgan fingerprint density at radius 1 is 0.778 bits per heavy atom. The van der Waals surface area contributed by atoms with Crippen molar-refractivity contribution < 1.29 is 69.3 Å². The average molecular weight is 661 g/mol. The number of aliphatic hydroxyl groups excluding tert-OH is 8. The van der Waals surface area contributed by atoms with E-state index in [0.717, 1.165) is 0 Å². The summed E-state index contributed by atoms with van der Waals surface area (Å²) in [4.78, 5) is 0. The van der Waals surface area contributed by atoms with Crippen LogP contribution in [0.5, 0.6) is 0 Å². The van der Waals surface area contributed by atoms with Gasteiger partial charge in [-0.05, 0) is 19.8 Å². The lowest BCUT2D eigenvalue weighted by molar-refractivity contribution is -0.315. The second-order valence-corrected chi connectivity index (χ2v) is 11.9. The van der Waals surface area contributed by atoms with Crippen molar-refractivity contribution in [3.63, 3.8) is 0 Å². The fourth-order valence-electron chi connectivity index (χ4n) is 5.61. The van der Waals surface area contributed by atoms with Gasteiger partial charge in [0.1, 0.15) is 55.6 Å². The molecule has 0 aromatic heterocycles. The number of hydrogen-bond donors (Lipinski definition) is 14. The third-order valence-corrected chi connectivity index (χ3v) is 8.48. The molecule has 3 rings (SSSR count). The van der Waals surface area contributed by atoms with Gasteiger partial charge in [0, 0.05) is 24.2 Å². The second-order valence-electron chi connectivity index (χ2n) is 11.9. The van der Waals surface area contributed by atoms with Crippen molar-refractivity contribution in [3.05, 3.63) is 0 Å². The Kier molecular flexibility index (Phi) is 14.6. The van der Waals surface area contributed by atoms with E-state index in [1.165, 1.54) is 6.92 Å². The molecule has 2 aliphatic carbocycles. The Morgan fingerprint density at radius 3 is 1.87 bits per heavy atom. The van der Waals surface area contributed by atoms with E-state index in [1.54, 1.807) is 0 Å². The summed E-state index contributed by atoms with van der Waals surface area (Å²) < 4.78 is 34.0. The molecule has 1 saturated heterocycles. The fraction of sp³-hybridized carbons (Fsp3) is 1.00. The van der Waals surface area contributed by atoms with Crippen molar-refractivity contribution in [2.24, 2.45) is 34.4 Å². The van der Waals surface area contributed by atoms with Crippen LogP contribution in [0.1, 0.15) is 19.8 Å². The fourth-order valence-corrected chi connectivity index (χ4v) is 5.61. The Labute approximate surface area is 260 Å². The number of hydrogen-bond acceptors (Lipinski definition) is 20. The number of rotatable bonds is 14. The van der Waals surface area contributed by atoms with E-state index < -0.39 is 136 Å². The number of nitrogens with two attached hydrogens (primary N) is 6. The molecule has 20 heteroatoms. The molecule has 1 aliphatic heterocycles. The van der Waals surface area contributed by atoms with Crippen LogP contribution in [-0.2, 0) is 28.4 Å². The quantitative estimate of drug-likeness (QED) is 0.0769. The van der Waals surface area contributed by atoms with Gasteiger partial charge < -0.3 is 104 Å². The first-order valence-corrected chi connectivity index (χ1v) is 14.8. The van der Waals surface area contributed by atoms with Crippen LogP contribution in [0.4, 0.5) is 0 Å². The highest BCUT2D eigenvalue weighted by atomic mass is 16.7. The van der Waals surface area contributed by atoms with Crippen molar-refractivity contribution in [2.45, 2.75) is 136 Å². The van der Waals surface area contributed by atoms with Gasteiger partial charge in [-0.1, -0.05) is 0 Å². The summed E-state index contributed by atoms with van der Waals surface area (Å²) in [6.45, 7) is -0.653. The first kappa shape index (κ1) is 38.6. The molecule has 18 unspecified atom stereocenters. The van der Waals surface area contributed by atoms with E-state index >= 15 is 0 Å². The minimum Gasteiger partial charge on any atom is -0.394 e. The second kappa shape index (κ2) is 17.0. The lowest BCUT2D eigenvalue weighted by Crippen LogP contribution is -2.67. The first-order chi connectivity index (χ1) is 21.1. The van der Waals surface area contributed by atoms with E-state index in [2.05, 4.69) is 0 Å². The zero-order valence-electron chi connectivity index (χ0n) is 25.0. The first-order valence-electron chi connectivity index (χ1n) is 14.8. The number of ether oxygens (including phenoxy) is 6. The molecule has 45 heavy (non-hydrogen) atoms. The minimum atomic E-state index is -1.59. The monoisotopic (exact) mass is 660 g/mol. The topological polar surface area (TPSA) is 373 Å². The lowest BCUT2D eigenvalue weighted by Gasteiger charge is -2.46. The van der Waals surface area contributed by atoms with Crippen molar-refractivity contribution in [3.8, 4) is 0 Å². The van der Waals surface area contributed by atoms with Gasteiger partial charge >= 0.3 is 0 Å². The number of aliphatic hydroxyl groups is 8. The molecule has 0 aromatic rings. The third kappa shape index (κ3) is 9.22. The van der Waals surface area contributed by atoms with E-state index in [-0.39, 0.29) is 12.8 Å². The van der Waals surface area contributed by atoms with Gasteiger partial charge in [-0.3, -0.25) is 0 Å². The van der Waals surface area contributed by atoms with E-state index in [0.29, 0.717) is 0 Å². The normalized spacial score (nSPS) is 45.5. The highest BCUT2D eigenvalue weighted by molar-refractivity contribution is 5.00. The Balaban J connectivity index is 1.69. The van der Waals surface area contributed by atoms with Crippen molar-refractivity contribution in [1.82, 2.24) is 0 Å². The molecule has 0 radical (unpaired) electrons. The van der Waals surface area contributed by atoms with Gasteiger partial charge in [-0.15, -0.1) is 0 Å². The predicted octanol–water partition coefficient (Wildman–Crippen LogP) is -8.55. The van der Waals surface area contributed by atoms with Gasteiger partial charge in [0.05, 0.1) is 37.6 Å². The van der Waals surface area contributed by atoms with Crippen molar-refractivity contribution in [2.75, 3.05) is 20.0 Å². The van der Waals surface area contributed by atoms with Crippen LogP contribution < -0.4 is 34.4 Å². The summed E-state index contributed by atoms with van der Waals surface area (Å²) in [5, 5.41) is 81.7. The molecule has 20 N–H and O–H groups in total.